The van der Waals surface area contributed by atoms with E-state index < -0.39 is 15.1 Å². The third-order valence-corrected chi connectivity index (χ3v) is 7.05. The Kier molecular flexibility index (Phi) is 3.51. The topological polar surface area (TPSA) is 59.4 Å². The Morgan fingerprint density at radius 3 is 2.68 bits per heavy atom. The van der Waals surface area contributed by atoms with Gasteiger partial charge in [0, 0.05) is 42.3 Å². The van der Waals surface area contributed by atoms with Gasteiger partial charge in [0.1, 0.15) is 0 Å². The third kappa shape index (κ3) is 2.22. The van der Waals surface area contributed by atoms with Gasteiger partial charge < -0.3 is 9.47 Å². The zero-order valence-electron chi connectivity index (χ0n) is 13.0. The molecule has 0 spiro atoms. The predicted octanol–water partition coefficient (Wildman–Crippen LogP) is 1.83. The molecule has 0 aliphatic carbocycles. The summed E-state index contributed by atoms with van der Waals surface area (Å²) in [6, 6.07) is 7.26. The SMILES string of the molecule is C[C@@H]1[C@@H](C)S(=O)(=O)CCN1C(=O)c1cccc2c1ccn2C. The Hall–Kier alpha value is -1.82. The van der Waals surface area contributed by atoms with Crippen LogP contribution in [0.4, 0.5) is 0 Å². The van der Waals surface area contributed by atoms with Gasteiger partial charge in [-0.15, -0.1) is 0 Å². The highest BCUT2D eigenvalue weighted by molar-refractivity contribution is 7.92. The van der Waals surface area contributed by atoms with Crippen molar-refractivity contribution in [2.24, 2.45) is 7.05 Å². The van der Waals surface area contributed by atoms with Crippen molar-refractivity contribution in [2.75, 3.05) is 12.3 Å². The highest BCUT2D eigenvalue weighted by Crippen LogP contribution is 2.25. The molecular formula is C16H20N2O3S. The van der Waals surface area contributed by atoms with Gasteiger partial charge in [-0.05, 0) is 32.0 Å². The maximum absolute atomic E-state index is 12.9. The van der Waals surface area contributed by atoms with Crippen molar-refractivity contribution in [1.82, 2.24) is 9.47 Å². The molecule has 3 rings (SSSR count). The van der Waals surface area contributed by atoms with Crippen LogP contribution in [0.5, 0.6) is 0 Å². The molecule has 2 aromatic rings. The summed E-state index contributed by atoms with van der Waals surface area (Å²) in [7, 11) is -1.16. The van der Waals surface area contributed by atoms with Crippen LogP contribution in [-0.2, 0) is 16.9 Å². The molecule has 1 aliphatic rings. The molecule has 0 saturated carbocycles. The van der Waals surface area contributed by atoms with Crippen LogP contribution in [0.25, 0.3) is 10.9 Å². The predicted molar refractivity (Wildman–Crippen MR) is 86.7 cm³/mol. The van der Waals surface area contributed by atoms with Gasteiger partial charge in [0.05, 0.1) is 11.0 Å². The van der Waals surface area contributed by atoms with Crippen LogP contribution in [-0.4, -0.2) is 47.4 Å². The summed E-state index contributed by atoms with van der Waals surface area (Å²) < 4.78 is 25.9. The van der Waals surface area contributed by atoms with E-state index in [2.05, 4.69) is 0 Å². The molecule has 0 N–H and O–H groups in total. The molecule has 0 unspecified atom stereocenters. The number of nitrogens with zero attached hydrogens (tertiary/aromatic N) is 2. The van der Waals surface area contributed by atoms with E-state index in [0.29, 0.717) is 5.56 Å². The van der Waals surface area contributed by atoms with Crippen molar-refractivity contribution in [1.29, 1.82) is 0 Å². The monoisotopic (exact) mass is 320 g/mol. The molecule has 1 aromatic carbocycles. The van der Waals surface area contributed by atoms with E-state index in [1.54, 1.807) is 11.8 Å². The smallest absolute Gasteiger partial charge is 0.254 e. The van der Waals surface area contributed by atoms with Crippen LogP contribution >= 0.6 is 0 Å². The van der Waals surface area contributed by atoms with Crippen molar-refractivity contribution in [2.45, 2.75) is 25.1 Å². The first-order chi connectivity index (χ1) is 10.3. The van der Waals surface area contributed by atoms with Gasteiger partial charge in [-0.1, -0.05) is 6.07 Å². The molecule has 1 aromatic heterocycles. The van der Waals surface area contributed by atoms with Crippen molar-refractivity contribution < 1.29 is 13.2 Å². The number of carbonyl (C=O) groups excluding carboxylic acids is 1. The van der Waals surface area contributed by atoms with E-state index in [4.69, 9.17) is 0 Å². The number of hydrogen-bond donors (Lipinski definition) is 0. The van der Waals surface area contributed by atoms with E-state index >= 15 is 0 Å². The number of amides is 1. The summed E-state index contributed by atoms with van der Waals surface area (Å²) in [4.78, 5) is 14.6. The molecule has 2 atom stereocenters. The number of rotatable bonds is 1. The Labute approximate surface area is 130 Å². The van der Waals surface area contributed by atoms with Crippen molar-refractivity contribution in [3.63, 3.8) is 0 Å². The first-order valence-corrected chi connectivity index (χ1v) is 9.11. The zero-order chi connectivity index (χ0) is 16.1. The highest BCUT2D eigenvalue weighted by Gasteiger charge is 2.38. The lowest BCUT2D eigenvalue weighted by atomic mass is 10.1. The summed E-state index contributed by atoms with van der Waals surface area (Å²) in [5, 5.41) is 0.378. The normalized spacial score (nSPS) is 24.6. The number of aryl methyl sites for hydroxylation is 1. The number of carbonyl (C=O) groups is 1. The number of benzene rings is 1. The second-order valence-electron chi connectivity index (χ2n) is 5.98. The lowest BCUT2D eigenvalue weighted by Gasteiger charge is -2.37. The number of aromatic nitrogens is 1. The van der Waals surface area contributed by atoms with Gasteiger partial charge in [-0.25, -0.2) is 8.42 Å². The Morgan fingerprint density at radius 1 is 1.23 bits per heavy atom. The highest BCUT2D eigenvalue weighted by atomic mass is 32.2. The van der Waals surface area contributed by atoms with E-state index in [-0.39, 0.29) is 24.2 Å². The van der Waals surface area contributed by atoms with Crippen molar-refractivity contribution in [3.05, 3.63) is 36.0 Å². The van der Waals surface area contributed by atoms with E-state index in [0.717, 1.165) is 10.9 Å². The number of hydrogen-bond acceptors (Lipinski definition) is 3. The second-order valence-corrected chi connectivity index (χ2v) is 8.45. The number of sulfone groups is 1. The van der Waals surface area contributed by atoms with Crippen LogP contribution in [0.2, 0.25) is 0 Å². The molecule has 0 bridgehead atoms. The van der Waals surface area contributed by atoms with E-state index in [1.807, 2.05) is 49.0 Å². The molecule has 1 saturated heterocycles. The molecule has 1 aliphatic heterocycles. The van der Waals surface area contributed by atoms with Crippen LogP contribution < -0.4 is 0 Å². The average Bonchev–Trinajstić information content (AvgIpc) is 2.86. The van der Waals surface area contributed by atoms with Gasteiger partial charge in [-0.2, -0.15) is 0 Å². The lowest BCUT2D eigenvalue weighted by Crippen LogP contribution is -2.54. The summed E-state index contributed by atoms with van der Waals surface area (Å²) in [6.07, 6.45) is 1.92. The average molecular weight is 320 g/mol. The van der Waals surface area contributed by atoms with Crippen LogP contribution in [0.1, 0.15) is 24.2 Å². The fourth-order valence-electron chi connectivity index (χ4n) is 3.10. The lowest BCUT2D eigenvalue weighted by molar-refractivity contribution is 0.0695. The quantitative estimate of drug-likeness (QED) is 0.805. The molecule has 118 valence electrons. The largest absolute Gasteiger partial charge is 0.351 e. The second kappa shape index (κ2) is 5.12. The molecule has 6 heteroatoms. The van der Waals surface area contributed by atoms with Gasteiger partial charge in [-0.3, -0.25) is 4.79 Å². The molecular weight excluding hydrogens is 300 g/mol. The molecule has 2 heterocycles. The fourth-order valence-corrected chi connectivity index (χ4v) is 4.67. The minimum atomic E-state index is -3.10. The molecule has 22 heavy (non-hydrogen) atoms. The van der Waals surface area contributed by atoms with Gasteiger partial charge in [0.25, 0.3) is 5.91 Å². The molecule has 1 fully saturated rings. The Bertz CT molecular complexity index is 838. The third-order valence-electron chi connectivity index (χ3n) is 4.77. The first-order valence-electron chi connectivity index (χ1n) is 7.39. The summed E-state index contributed by atoms with van der Waals surface area (Å²) >= 11 is 0. The maximum Gasteiger partial charge on any atom is 0.254 e. The van der Waals surface area contributed by atoms with Crippen LogP contribution in [0.15, 0.2) is 30.5 Å². The fraction of sp³-hybridized carbons (Fsp3) is 0.438. The minimum Gasteiger partial charge on any atom is -0.351 e. The van der Waals surface area contributed by atoms with Crippen LogP contribution in [0.3, 0.4) is 0 Å². The van der Waals surface area contributed by atoms with E-state index in [9.17, 15) is 13.2 Å². The van der Waals surface area contributed by atoms with Crippen molar-refractivity contribution >= 4 is 26.6 Å². The molecule has 5 nitrogen and oxygen atoms in total. The Morgan fingerprint density at radius 2 is 1.95 bits per heavy atom. The van der Waals surface area contributed by atoms with Crippen LogP contribution in [0, 0.1) is 0 Å². The molecule has 1 amide bonds. The summed E-state index contributed by atoms with van der Waals surface area (Å²) in [6.45, 7) is 3.75. The van der Waals surface area contributed by atoms with Crippen molar-refractivity contribution in [3.8, 4) is 0 Å². The maximum atomic E-state index is 12.9. The standard InChI is InChI=1S/C16H20N2O3S/c1-11-12(2)22(20,21)10-9-18(11)16(19)14-5-4-6-15-13(14)7-8-17(15)3/h4-8,11-12H,9-10H2,1-3H3/t11-,12-/m1/s1. The van der Waals surface area contributed by atoms with Gasteiger partial charge in [0.2, 0.25) is 0 Å². The summed E-state index contributed by atoms with van der Waals surface area (Å²) in [5.74, 6) is -0.0549. The Balaban J connectivity index is 2.00. The first kappa shape index (κ1) is 15.1. The zero-order valence-corrected chi connectivity index (χ0v) is 13.8. The van der Waals surface area contributed by atoms with Gasteiger partial charge >= 0.3 is 0 Å². The minimum absolute atomic E-state index is 0.0367. The number of fused-ring (bicyclic) bond motifs is 1. The molecule has 0 radical (unpaired) electrons. The summed E-state index contributed by atoms with van der Waals surface area (Å²) in [5.41, 5.74) is 1.63. The van der Waals surface area contributed by atoms with E-state index in [1.165, 1.54) is 0 Å². The van der Waals surface area contributed by atoms with Gasteiger partial charge in [0.15, 0.2) is 9.84 Å².